The summed E-state index contributed by atoms with van der Waals surface area (Å²) in [6, 6.07) is 0. The van der Waals surface area contributed by atoms with E-state index in [-0.39, 0.29) is 5.24 Å². The number of carbonyl (C=O) groups is 1. The SMILES string of the molecule is COOCN1CCC(CCC(=O)Cl)CC1. The van der Waals surface area contributed by atoms with Gasteiger partial charge < -0.3 is 0 Å². The van der Waals surface area contributed by atoms with Crippen molar-refractivity contribution >= 4 is 16.8 Å². The molecule has 1 aliphatic rings. The summed E-state index contributed by atoms with van der Waals surface area (Å²) in [4.78, 5) is 22.2. The first-order valence-electron chi connectivity index (χ1n) is 5.28. The topological polar surface area (TPSA) is 38.8 Å². The molecule has 1 aliphatic heterocycles. The summed E-state index contributed by atoms with van der Waals surface area (Å²) < 4.78 is 0. The van der Waals surface area contributed by atoms with E-state index in [0.717, 1.165) is 32.4 Å². The number of carbonyl (C=O) groups excluding carboxylic acids is 1. The van der Waals surface area contributed by atoms with Crippen molar-refractivity contribution in [1.29, 1.82) is 0 Å². The highest BCUT2D eigenvalue weighted by atomic mass is 35.5. The zero-order valence-electron chi connectivity index (χ0n) is 9.08. The van der Waals surface area contributed by atoms with Crippen LogP contribution in [-0.4, -0.2) is 37.1 Å². The van der Waals surface area contributed by atoms with Gasteiger partial charge in [-0.05, 0) is 36.8 Å². The highest BCUT2D eigenvalue weighted by Crippen LogP contribution is 2.22. The lowest BCUT2D eigenvalue weighted by Gasteiger charge is -2.30. The van der Waals surface area contributed by atoms with E-state index in [9.17, 15) is 4.79 Å². The summed E-state index contributed by atoms with van der Waals surface area (Å²) in [6.07, 6.45) is 3.64. The van der Waals surface area contributed by atoms with E-state index in [1.807, 2.05) is 0 Å². The van der Waals surface area contributed by atoms with Crippen LogP contribution < -0.4 is 0 Å². The van der Waals surface area contributed by atoms with Crippen LogP contribution >= 0.6 is 11.6 Å². The third-order valence-corrected chi connectivity index (χ3v) is 3.00. The normalized spacial score (nSPS) is 19.3. The molecule has 0 aromatic rings. The van der Waals surface area contributed by atoms with Crippen LogP contribution in [0.2, 0.25) is 0 Å². The Morgan fingerprint density at radius 3 is 2.67 bits per heavy atom. The van der Waals surface area contributed by atoms with Crippen molar-refractivity contribution in [3.8, 4) is 0 Å². The summed E-state index contributed by atoms with van der Waals surface area (Å²) in [5, 5.41) is -0.222. The van der Waals surface area contributed by atoms with Crippen LogP contribution in [0.25, 0.3) is 0 Å². The fourth-order valence-electron chi connectivity index (χ4n) is 1.85. The van der Waals surface area contributed by atoms with Crippen molar-refractivity contribution in [2.75, 3.05) is 26.9 Å². The van der Waals surface area contributed by atoms with Crippen LogP contribution in [0.1, 0.15) is 25.7 Å². The van der Waals surface area contributed by atoms with Gasteiger partial charge in [-0.15, -0.1) is 0 Å². The van der Waals surface area contributed by atoms with E-state index in [2.05, 4.69) is 9.79 Å². The van der Waals surface area contributed by atoms with Gasteiger partial charge in [0.2, 0.25) is 5.24 Å². The Balaban J connectivity index is 2.09. The fraction of sp³-hybridized carbons (Fsp3) is 0.900. The van der Waals surface area contributed by atoms with Gasteiger partial charge >= 0.3 is 0 Å². The molecule has 1 rings (SSSR count). The largest absolute Gasteiger partial charge is 0.281 e. The number of piperidine rings is 1. The molecule has 1 fully saturated rings. The number of nitrogens with zero attached hydrogens (tertiary/aromatic N) is 1. The molecule has 1 saturated heterocycles. The quantitative estimate of drug-likeness (QED) is 0.400. The molecular weight excluding hydrogens is 218 g/mol. The van der Waals surface area contributed by atoms with E-state index in [4.69, 9.17) is 16.5 Å². The second kappa shape index (κ2) is 7.17. The van der Waals surface area contributed by atoms with Crippen LogP contribution in [0.3, 0.4) is 0 Å². The van der Waals surface area contributed by atoms with Gasteiger partial charge in [-0.1, -0.05) is 0 Å². The van der Waals surface area contributed by atoms with Crippen LogP contribution in [0.5, 0.6) is 0 Å². The van der Waals surface area contributed by atoms with Crippen LogP contribution in [-0.2, 0) is 14.6 Å². The van der Waals surface area contributed by atoms with Gasteiger partial charge in [0.1, 0.15) is 6.73 Å². The molecule has 0 aliphatic carbocycles. The maximum absolute atomic E-state index is 10.6. The summed E-state index contributed by atoms with van der Waals surface area (Å²) in [5.41, 5.74) is 0. The fourth-order valence-corrected chi connectivity index (χ4v) is 1.96. The molecule has 1 heterocycles. The second-order valence-electron chi connectivity index (χ2n) is 3.87. The lowest BCUT2D eigenvalue weighted by atomic mass is 9.93. The molecule has 4 nitrogen and oxygen atoms in total. The molecule has 0 atom stereocenters. The van der Waals surface area contributed by atoms with Crippen molar-refractivity contribution in [3.63, 3.8) is 0 Å². The maximum Gasteiger partial charge on any atom is 0.221 e. The maximum atomic E-state index is 10.6. The number of likely N-dealkylation sites (tertiary alicyclic amines) is 1. The van der Waals surface area contributed by atoms with Crippen LogP contribution in [0.15, 0.2) is 0 Å². The van der Waals surface area contributed by atoms with Gasteiger partial charge in [-0.2, -0.15) is 0 Å². The molecule has 0 unspecified atom stereocenters. The Kier molecular flexibility index (Phi) is 6.17. The minimum absolute atomic E-state index is 0.222. The Morgan fingerprint density at radius 1 is 1.47 bits per heavy atom. The van der Waals surface area contributed by atoms with E-state index in [0.29, 0.717) is 19.1 Å². The van der Waals surface area contributed by atoms with Crippen molar-refractivity contribution < 1.29 is 14.6 Å². The molecule has 0 aromatic carbocycles. The highest BCUT2D eigenvalue weighted by Gasteiger charge is 2.19. The summed E-state index contributed by atoms with van der Waals surface area (Å²) >= 11 is 5.31. The average molecular weight is 236 g/mol. The van der Waals surface area contributed by atoms with Gasteiger partial charge in [0.15, 0.2) is 0 Å². The van der Waals surface area contributed by atoms with Gasteiger partial charge in [0.05, 0.1) is 7.11 Å². The third kappa shape index (κ3) is 5.47. The summed E-state index contributed by atoms with van der Waals surface area (Å²) in [6.45, 7) is 2.53. The van der Waals surface area contributed by atoms with Crippen LogP contribution in [0, 0.1) is 5.92 Å². The smallest absolute Gasteiger partial charge is 0.221 e. The van der Waals surface area contributed by atoms with Crippen molar-refractivity contribution in [1.82, 2.24) is 4.90 Å². The Hall–Kier alpha value is -0.160. The van der Waals surface area contributed by atoms with E-state index in [1.165, 1.54) is 7.11 Å². The first kappa shape index (κ1) is 12.9. The second-order valence-corrected chi connectivity index (χ2v) is 4.29. The van der Waals surface area contributed by atoms with Crippen molar-refractivity contribution in [2.24, 2.45) is 5.92 Å². The summed E-state index contributed by atoms with van der Waals surface area (Å²) in [7, 11) is 1.51. The lowest BCUT2D eigenvalue weighted by molar-refractivity contribution is -0.296. The van der Waals surface area contributed by atoms with Crippen molar-refractivity contribution in [2.45, 2.75) is 25.7 Å². The van der Waals surface area contributed by atoms with Gasteiger partial charge in [-0.3, -0.25) is 9.69 Å². The Labute approximate surface area is 95.4 Å². The molecule has 88 valence electrons. The van der Waals surface area contributed by atoms with E-state index >= 15 is 0 Å². The van der Waals surface area contributed by atoms with Gasteiger partial charge in [0.25, 0.3) is 0 Å². The number of hydrogen-bond acceptors (Lipinski definition) is 4. The molecule has 0 spiro atoms. The summed E-state index contributed by atoms with van der Waals surface area (Å²) in [5.74, 6) is 0.631. The first-order chi connectivity index (χ1) is 7.22. The Morgan fingerprint density at radius 2 is 2.13 bits per heavy atom. The highest BCUT2D eigenvalue weighted by molar-refractivity contribution is 6.63. The molecule has 0 saturated carbocycles. The molecule has 0 amide bonds. The monoisotopic (exact) mass is 235 g/mol. The molecule has 0 radical (unpaired) electrons. The van der Waals surface area contributed by atoms with Crippen molar-refractivity contribution in [3.05, 3.63) is 0 Å². The lowest BCUT2D eigenvalue weighted by Crippen LogP contribution is -2.35. The standard InChI is InChI=1S/C10H18ClNO3/c1-14-15-8-12-6-4-9(5-7-12)2-3-10(11)13/h9H,2-8H2,1H3. The third-order valence-electron chi connectivity index (χ3n) is 2.81. The molecule has 0 N–H and O–H groups in total. The van der Waals surface area contributed by atoms with E-state index in [1.54, 1.807) is 0 Å². The van der Waals surface area contributed by atoms with E-state index < -0.39 is 0 Å². The van der Waals surface area contributed by atoms with Gasteiger partial charge in [0, 0.05) is 19.5 Å². The first-order valence-corrected chi connectivity index (χ1v) is 5.66. The molecule has 15 heavy (non-hydrogen) atoms. The minimum Gasteiger partial charge on any atom is -0.281 e. The van der Waals surface area contributed by atoms with Crippen LogP contribution in [0.4, 0.5) is 0 Å². The molecule has 5 heteroatoms. The minimum atomic E-state index is -0.222. The van der Waals surface area contributed by atoms with Gasteiger partial charge in [-0.25, -0.2) is 9.78 Å². The molecule has 0 bridgehead atoms. The zero-order valence-corrected chi connectivity index (χ0v) is 9.83. The average Bonchev–Trinajstić information content (AvgIpc) is 2.25. The zero-order chi connectivity index (χ0) is 11.1. The Bertz CT molecular complexity index is 193. The molecule has 0 aromatic heterocycles. The predicted octanol–water partition coefficient (Wildman–Crippen LogP) is 1.78. The number of halogens is 1. The number of rotatable bonds is 6. The molecular formula is C10H18ClNO3. The predicted molar refractivity (Wildman–Crippen MR) is 57.4 cm³/mol. The number of hydrogen-bond donors (Lipinski definition) is 0.